The number of hydrogen-bond acceptors (Lipinski definition) is 6. The van der Waals surface area contributed by atoms with Crippen LogP contribution in [0.5, 0.6) is 5.75 Å². The first-order valence-electron chi connectivity index (χ1n) is 11.3. The highest BCUT2D eigenvalue weighted by atomic mass is 35.5. The molecular formula is C27H24ClN3O2S2. The topological polar surface area (TPSA) is 45.1 Å². The summed E-state index contributed by atoms with van der Waals surface area (Å²) in [6, 6.07) is 23.7. The van der Waals surface area contributed by atoms with Gasteiger partial charge in [0.05, 0.1) is 12.8 Å². The molecule has 35 heavy (non-hydrogen) atoms. The minimum absolute atomic E-state index is 0.0283. The molecule has 0 unspecified atom stereocenters. The number of benzene rings is 3. The predicted octanol–water partition coefficient (Wildman–Crippen LogP) is 6.96. The number of halogens is 1. The molecule has 178 valence electrons. The second-order valence-corrected chi connectivity index (χ2v) is 10.4. The van der Waals surface area contributed by atoms with Crippen LogP contribution in [-0.2, 0) is 11.2 Å². The highest BCUT2D eigenvalue weighted by Crippen LogP contribution is 2.51. The summed E-state index contributed by atoms with van der Waals surface area (Å²) >= 11 is 9.32. The molecule has 1 saturated heterocycles. The summed E-state index contributed by atoms with van der Waals surface area (Å²) in [4.78, 5) is 24.4. The van der Waals surface area contributed by atoms with Gasteiger partial charge in [-0.1, -0.05) is 65.8 Å². The fraction of sp³-hybridized carbons (Fsp3) is 0.185. The summed E-state index contributed by atoms with van der Waals surface area (Å²) in [5.41, 5.74) is 2.91. The summed E-state index contributed by atoms with van der Waals surface area (Å²) in [6.07, 6.45) is 0.737. The molecule has 1 amide bonds. The van der Waals surface area contributed by atoms with Crippen LogP contribution in [-0.4, -0.2) is 36.2 Å². The van der Waals surface area contributed by atoms with Crippen molar-refractivity contribution >= 4 is 57.6 Å². The number of carbonyl (C=O) groups is 1. The van der Waals surface area contributed by atoms with Crippen molar-refractivity contribution in [3.05, 3.63) is 93.3 Å². The molecule has 5 nitrogen and oxygen atoms in total. The molecule has 2 heterocycles. The highest BCUT2D eigenvalue weighted by Gasteiger charge is 2.39. The number of fused-ring (bicyclic) bond motifs is 1. The maximum absolute atomic E-state index is 13.8. The largest absolute Gasteiger partial charge is 0.494 e. The number of amides is 1. The fourth-order valence-corrected chi connectivity index (χ4v) is 6.62. The number of nitrogens with zero attached hydrogens (tertiary/aromatic N) is 3. The van der Waals surface area contributed by atoms with E-state index in [1.54, 1.807) is 23.8 Å². The highest BCUT2D eigenvalue weighted by molar-refractivity contribution is 8.19. The van der Waals surface area contributed by atoms with Gasteiger partial charge < -0.3 is 9.64 Å². The number of rotatable bonds is 6. The summed E-state index contributed by atoms with van der Waals surface area (Å²) in [7, 11) is 1.63. The van der Waals surface area contributed by atoms with Crippen molar-refractivity contribution in [1.82, 2.24) is 4.90 Å². The number of thioether (sulfide) groups is 2. The second-order valence-electron chi connectivity index (χ2n) is 7.95. The molecule has 0 radical (unpaired) electrons. The third-order valence-corrected chi connectivity index (χ3v) is 8.42. The normalized spacial score (nSPS) is 18.5. The molecule has 8 heteroatoms. The Kier molecular flexibility index (Phi) is 7.09. The molecule has 0 spiro atoms. The van der Waals surface area contributed by atoms with Gasteiger partial charge in [-0.3, -0.25) is 9.69 Å². The molecule has 5 rings (SSSR count). The van der Waals surface area contributed by atoms with Crippen molar-refractivity contribution in [1.29, 1.82) is 0 Å². The standard InChI is InChI=1S/C27H24ClN3O2S2/c1-3-30-21-17-19(28)13-14-23(21)34-26(30)24-25(32)31(16-15-18-9-5-4-6-10-18)27(35-24)29-20-11-7-8-12-22(20)33-2/h4-14,17H,3,15-16H2,1-2H3. The SMILES string of the molecule is CCN1C(=C2SC(=Nc3ccccc3OC)N(CCc3ccccc3)C2=O)Sc2ccc(Cl)cc21. The van der Waals surface area contributed by atoms with Crippen molar-refractivity contribution in [2.75, 3.05) is 25.1 Å². The van der Waals surface area contributed by atoms with Gasteiger partial charge in [-0.2, -0.15) is 0 Å². The minimum atomic E-state index is -0.0283. The van der Waals surface area contributed by atoms with Crippen LogP contribution in [0.25, 0.3) is 0 Å². The van der Waals surface area contributed by atoms with Crippen LogP contribution in [0.1, 0.15) is 12.5 Å². The van der Waals surface area contributed by atoms with Crippen LogP contribution >= 0.6 is 35.1 Å². The average molecular weight is 522 g/mol. The maximum Gasteiger partial charge on any atom is 0.269 e. The van der Waals surface area contributed by atoms with E-state index in [1.165, 1.54) is 17.3 Å². The molecule has 0 N–H and O–H groups in total. The summed E-state index contributed by atoms with van der Waals surface area (Å²) in [6.45, 7) is 3.35. The Bertz CT molecular complexity index is 1330. The van der Waals surface area contributed by atoms with Gasteiger partial charge in [0.2, 0.25) is 0 Å². The summed E-state index contributed by atoms with van der Waals surface area (Å²) in [5, 5.41) is 2.26. The van der Waals surface area contributed by atoms with E-state index in [2.05, 4.69) is 24.0 Å². The quantitative estimate of drug-likeness (QED) is 0.328. The van der Waals surface area contributed by atoms with Crippen LogP contribution in [0.2, 0.25) is 5.02 Å². The molecule has 3 aromatic rings. The van der Waals surface area contributed by atoms with E-state index < -0.39 is 0 Å². The van der Waals surface area contributed by atoms with E-state index in [0.29, 0.717) is 33.1 Å². The molecule has 1 fully saturated rings. The summed E-state index contributed by atoms with van der Waals surface area (Å²) in [5.74, 6) is 0.643. The lowest BCUT2D eigenvalue weighted by Gasteiger charge is -2.19. The number of hydrogen-bond donors (Lipinski definition) is 0. The van der Waals surface area contributed by atoms with Crippen LogP contribution < -0.4 is 9.64 Å². The lowest BCUT2D eigenvalue weighted by Crippen LogP contribution is -2.32. The third-order valence-electron chi connectivity index (χ3n) is 5.81. The third kappa shape index (κ3) is 4.81. The van der Waals surface area contributed by atoms with Gasteiger partial charge in [0.15, 0.2) is 5.17 Å². The van der Waals surface area contributed by atoms with Crippen molar-refractivity contribution in [3.63, 3.8) is 0 Å². The van der Waals surface area contributed by atoms with Crippen LogP contribution in [0.3, 0.4) is 0 Å². The number of methoxy groups -OCH3 is 1. The predicted molar refractivity (Wildman–Crippen MR) is 147 cm³/mol. The maximum atomic E-state index is 13.8. The molecule has 3 aromatic carbocycles. The first kappa shape index (κ1) is 23.9. The van der Waals surface area contributed by atoms with E-state index in [1.807, 2.05) is 60.7 Å². The van der Waals surface area contributed by atoms with Gasteiger partial charge in [0.1, 0.15) is 21.4 Å². The zero-order valence-electron chi connectivity index (χ0n) is 19.4. The molecule has 0 saturated carbocycles. The smallest absolute Gasteiger partial charge is 0.269 e. The van der Waals surface area contributed by atoms with Gasteiger partial charge in [-0.15, -0.1) is 0 Å². The second kappa shape index (κ2) is 10.4. The van der Waals surface area contributed by atoms with Crippen LogP contribution in [0, 0.1) is 0 Å². The molecule has 2 aliphatic heterocycles. The lowest BCUT2D eigenvalue weighted by atomic mass is 10.1. The first-order chi connectivity index (χ1) is 17.1. The van der Waals surface area contributed by atoms with Crippen molar-refractivity contribution in [2.45, 2.75) is 18.2 Å². The number of anilines is 1. The van der Waals surface area contributed by atoms with Gasteiger partial charge in [0, 0.05) is 23.0 Å². The van der Waals surface area contributed by atoms with Gasteiger partial charge in [-0.05, 0) is 61.0 Å². The van der Waals surface area contributed by atoms with Crippen LogP contribution in [0.15, 0.2) is 92.6 Å². The van der Waals surface area contributed by atoms with Crippen LogP contribution in [0.4, 0.5) is 11.4 Å². The molecule has 2 aliphatic rings. The van der Waals surface area contributed by atoms with E-state index in [-0.39, 0.29) is 5.91 Å². The number of carbonyl (C=O) groups excluding carboxylic acids is 1. The molecule has 0 aliphatic carbocycles. The molecule has 0 aromatic heterocycles. The monoisotopic (exact) mass is 521 g/mol. The zero-order chi connectivity index (χ0) is 24.4. The zero-order valence-corrected chi connectivity index (χ0v) is 21.8. The Morgan fingerprint density at radius 1 is 0.971 bits per heavy atom. The molecule has 0 atom stereocenters. The Labute approximate surface area is 218 Å². The van der Waals surface area contributed by atoms with Gasteiger partial charge in [-0.25, -0.2) is 4.99 Å². The van der Waals surface area contributed by atoms with Crippen molar-refractivity contribution < 1.29 is 9.53 Å². The summed E-state index contributed by atoms with van der Waals surface area (Å²) < 4.78 is 5.50. The van der Waals surface area contributed by atoms with Gasteiger partial charge >= 0.3 is 0 Å². The van der Waals surface area contributed by atoms with Crippen molar-refractivity contribution in [3.8, 4) is 5.75 Å². The number of para-hydroxylation sites is 2. The first-order valence-corrected chi connectivity index (χ1v) is 13.3. The lowest BCUT2D eigenvalue weighted by molar-refractivity contribution is -0.122. The van der Waals surface area contributed by atoms with Gasteiger partial charge in [0.25, 0.3) is 5.91 Å². The van der Waals surface area contributed by atoms with E-state index in [0.717, 1.165) is 28.6 Å². The number of aliphatic imine (C=N–C) groups is 1. The average Bonchev–Trinajstić information content (AvgIpc) is 3.39. The number of amidine groups is 1. The Hall–Kier alpha value is -2.87. The molecule has 0 bridgehead atoms. The Balaban J connectivity index is 1.54. The van der Waals surface area contributed by atoms with E-state index in [4.69, 9.17) is 21.3 Å². The minimum Gasteiger partial charge on any atom is -0.494 e. The van der Waals surface area contributed by atoms with Crippen molar-refractivity contribution in [2.24, 2.45) is 4.99 Å². The fourth-order valence-electron chi connectivity index (χ4n) is 4.07. The van der Waals surface area contributed by atoms with E-state index >= 15 is 0 Å². The Morgan fingerprint density at radius 3 is 2.51 bits per heavy atom. The van der Waals surface area contributed by atoms with E-state index in [9.17, 15) is 4.79 Å². The Morgan fingerprint density at radius 2 is 1.74 bits per heavy atom. The molecular weight excluding hydrogens is 498 g/mol. The number of ether oxygens (including phenoxy) is 1.